The zero-order chi connectivity index (χ0) is 21.7. The Morgan fingerprint density at radius 2 is 2.09 bits per heavy atom. The highest BCUT2D eigenvalue weighted by Gasteiger charge is 2.44. The first-order valence-corrected chi connectivity index (χ1v) is 12.1. The van der Waals surface area contributed by atoms with E-state index in [-0.39, 0.29) is 17.7 Å². The Balaban J connectivity index is 1.08. The predicted octanol–water partition coefficient (Wildman–Crippen LogP) is 5.68. The summed E-state index contributed by atoms with van der Waals surface area (Å²) < 4.78 is 2.87. The average Bonchev–Trinajstić information content (AvgIpc) is 3.71. The van der Waals surface area contributed by atoms with Gasteiger partial charge >= 0.3 is 0 Å². The number of aromatic nitrogens is 3. The molecule has 2 aliphatic rings. The summed E-state index contributed by atoms with van der Waals surface area (Å²) in [7, 11) is 0. The number of thiophene rings is 1. The number of nitrogens with zero attached hydrogens (tertiary/aromatic N) is 3. The largest absolute Gasteiger partial charge is 0.379 e. The summed E-state index contributed by atoms with van der Waals surface area (Å²) in [5.41, 5.74) is 4.21. The van der Waals surface area contributed by atoms with Crippen LogP contribution in [0, 0.1) is 5.92 Å². The number of hydrogen-bond acceptors (Lipinski definition) is 5. The van der Waals surface area contributed by atoms with Crippen LogP contribution in [0.2, 0.25) is 4.34 Å². The SMILES string of the molecule is O=C(Nc1cc(NCc2cn3cc(C4CC4)ccc3n2)ccn1)[C@H]1C[C@@H]1c1ccc(Cl)s1. The Hall–Kier alpha value is -2.90. The van der Waals surface area contributed by atoms with E-state index in [2.05, 4.69) is 44.5 Å². The van der Waals surface area contributed by atoms with Gasteiger partial charge in [-0.1, -0.05) is 17.7 Å². The van der Waals surface area contributed by atoms with Gasteiger partial charge < -0.3 is 15.0 Å². The van der Waals surface area contributed by atoms with Crippen LogP contribution in [-0.2, 0) is 11.3 Å². The van der Waals surface area contributed by atoms with Gasteiger partial charge in [0.2, 0.25) is 5.91 Å². The second-order valence-corrected chi connectivity index (χ2v) is 10.3. The molecule has 8 heteroatoms. The molecule has 0 unspecified atom stereocenters. The maximum Gasteiger partial charge on any atom is 0.229 e. The molecule has 2 N–H and O–H groups in total. The van der Waals surface area contributed by atoms with Crippen molar-refractivity contribution in [2.24, 2.45) is 5.92 Å². The Morgan fingerprint density at radius 3 is 2.91 bits per heavy atom. The molecule has 4 heterocycles. The Labute approximate surface area is 194 Å². The first-order chi connectivity index (χ1) is 15.6. The zero-order valence-electron chi connectivity index (χ0n) is 17.3. The minimum atomic E-state index is -0.0124. The van der Waals surface area contributed by atoms with E-state index >= 15 is 0 Å². The minimum absolute atomic E-state index is 0.0102. The Morgan fingerprint density at radius 1 is 1.19 bits per heavy atom. The standard InChI is InChI=1S/C24H22ClN5OS/c25-21-5-4-20(32-21)18-10-19(18)24(31)29-22-9-16(7-8-26-22)27-11-17-13-30-12-15(14-1-2-14)3-6-23(30)28-17/h3-9,12-14,18-19H,1-2,10-11H2,(H2,26,27,29,31)/t18-,19-/m0/s1. The number of amides is 1. The molecule has 162 valence electrons. The fourth-order valence-corrected chi connectivity index (χ4v) is 5.39. The number of halogens is 1. The van der Waals surface area contributed by atoms with Crippen LogP contribution in [0.1, 0.15) is 47.2 Å². The molecule has 2 saturated carbocycles. The molecule has 32 heavy (non-hydrogen) atoms. The third-order valence-corrected chi connectivity index (χ3v) is 7.51. The van der Waals surface area contributed by atoms with Crippen molar-refractivity contribution in [2.75, 3.05) is 10.6 Å². The number of fused-ring (bicyclic) bond motifs is 1. The molecule has 4 aromatic heterocycles. The van der Waals surface area contributed by atoms with Crippen LogP contribution in [0.15, 0.2) is 55.0 Å². The maximum atomic E-state index is 12.6. The van der Waals surface area contributed by atoms with Gasteiger partial charge in [0.05, 0.1) is 16.6 Å². The zero-order valence-corrected chi connectivity index (χ0v) is 18.9. The van der Waals surface area contributed by atoms with Gasteiger partial charge in [-0.2, -0.15) is 0 Å². The van der Waals surface area contributed by atoms with Gasteiger partial charge in [-0.15, -0.1) is 11.3 Å². The summed E-state index contributed by atoms with van der Waals surface area (Å²) >= 11 is 7.57. The molecule has 6 nitrogen and oxygen atoms in total. The number of pyridine rings is 2. The van der Waals surface area contributed by atoms with Gasteiger partial charge in [0.25, 0.3) is 0 Å². The molecule has 6 rings (SSSR count). The number of hydrogen-bond donors (Lipinski definition) is 2. The van der Waals surface area contributed by atoms with Crippen LogP contribution in [0.5, 0.6) is 0 Å². The number of carbonyl (C=O) groups is 1. The van der Waals surface area contributed by atoms with Crippen molar-refractivity contribution in [3.8, 4) is 0 Å². The summed E-state index contributed by atoms with van der Waals surface area (Å²) in [6.45, 7) is 0.599. The maximum absolute atomic E-state index is 12.6. The van der Waals surface area contributed by atoms with Gasteiger partial charge in [-0.3, -0.25) is 4.79 Å². The molecule has 4 aromatic rings. The first-order valence-electron chi connectivity index (χ1n) is 10.9. The highest BCUT2D eigenvalue weighted by atomic mass is 35.5. The molecular weight excluding hydrogens is 442 g/mol. The summed E-state index contributed by atoms with van der Waals surface area (Å²) in [5.74, 6) is 1.55. The topological polar surface area (TPSA) is 71.3 Å². The number of imidazole rings is 1. The third-order valence-electron chi connectivity index (χ3n) is 6.14. The molecule has 2 atom stereocenters. The van der Waals surface area contributed by atoms with E-state index < -0.39 is 0 Å². The molecule has 0 aromatic carbocycles. The van der Waals surface area contributed by atoms with Gasteiger partial charge in [-0.05, 0) is 55.0 Å². The number of rotatable bonds is 7. The van der Waals surface area contributed by atoms with Crippen LogP contribution in [-0.4, -0.2) is 20.3 Å². The van der Waals surface area contributed by atoms with Crippen molar-refractivity contribution in [3.05, 3.63) is 75.5 Å². The van der Waals surface area contributed by atoms with Crippen LogP contribution in [0.25, 0.3) is 5.65 Å². The van der Waals surface area contributed by atoms with E-state index in [1.54, 1.807) is 17.5 Å². The van der Waals surface area contributed by atoms with E-state index in [1.807, 2.05) is 24.3 Å². The smallest absolute Gasteiger partial charge is 0.229 e. The lowest BCUT2D eigenvalue weighted by Crippen LogP contribution is -2.15. The van der Waals surface area contributed by atoms with E-state index in [4.69, 9.17) is 16.6 Å². The molecule has 0 radical (unpaired) electrons. The van der Waals surface area contributed by atoms with Crippen molar-refractivity contribution in [3.63, 3.8) is 0 Å². The van der Waals surface area contributed by atoms with Crippen molar-refractivity contribution in [1.29, 1.82) is 0 Å². The Bertz CT molecular complexity index is 1310. The van der Waals surface area contributed by atoms with E-state index in [9.17, 15) is 4.79 Å². The quantitative estimate of drug-likeness (QED) is 0.370. The van der Waals surface area contributed by atoms with Crippen molar-refractivity contribution < 1.29 is 4.79 Å². The molecular formula is C24H22ClN5OS. The normalized spacial score (nSPS) is 19.8. The van der Waals surface area contributed by atoms with Gasteiger partial charge in [0.15, 0.2) is 0 Å². The van der Waals surface area contributed by atoms with Crippen LogP contribution >= 0.6 is 22.9 Å². The summed E-state index contributed by atoms with van der Waals surface area (Å²) in [6, 6.07) is 11.9. The monoisotopic (exact) mass is 463 g/mol. The van der Waals surface area contributed by atoms with Crippen LogP contribution in [0.4, 0.5) is 11.5 Å². The van der Waals surface area contributed by atoms with E-state index in [1.165, 1.54) is 23.3 Å². The van der Waals surface area contributed by atoms with E-state index in [0.717, 1.165) is 33.7 Å². The molecule has 0 aliphatic heterocycles. The Kier molecular flexibility index (Phi) is 4.88. The highest BCUT2D eigenvalue weighted by Crippen LogP contribution is 2.50. The lowest BCUT2D eigenvalue weighted by atomic mass is 10.2. The third kappa shape index (κ3) is 4.10. The fourth-order valence-electron chi connectivity index (χ4n) is 4.15. The van der Waals surface area contributed by atoms with Crippen LogP contribution < -0.4 is 10.6 Å². The summed E-state index contributed by atoms with van der Waals surface area (Å²) in [5, 5.41) is 6.34. The van der Waals surface area contributed by atoms with Crippen molar-refractivity contribution >= 4 is 46.0 Å². The van der Waals surface area contributed by atoms with Gasteiger partial charge in [0.1, 0.15) is 11.5 Å². The summed E-state index contributed by atoms with van der Waals surface area (Å²) in [6.07, 6.45) is 9.41. The van der Waals surface area contributed by atoms with Crippen molar-refractivity contribution in [1.82, 2.24) is 14.4 Å². The first kappa shape index (κ1) is 19.8. The molecule has 0 bridgehead atoms. The molecule has 2 fully saturated rings. The molecule has 2 aliphatic carbocycles. The molecule has 0 spiro atoms. The minimum Gasteiger partial charge on any atom is -0.379 e. The number of anilines is 2. The lowest BCUT2D eigenvalue weighted by Gasteiger charge is -2.08. The van der Waals surface area contributed by atoms with Gasteiger partial charge in [-0.25, -0.2) is 9.97 Å². The number of nitrogens with one attached hydrogen (secondary N) is 2. The molecule has 1 amide bonds. The second kappa shape index (κ2) is 7.90. The second-order valence-electron chi connectivity index (χ2n) is 8.60. The summed E-state index contributed by atoms with van der Waals surface area (Å²) in [4.78, 5) is 22.8. The van der Waals surface area contributed by atoms with Crippen LogP contribution in [0.3, 0.4) is 0 Å². The fraction of sp³-hybridized carbons (Fsp3) is 0.292. The highest BCUT2D eigenvalue weighted by molar-refractivity contribution is 7.16. The van der Waals surface area contributed by atoms with E-state index in [0.29, 0.717) is 12.4 Å². The number of carbonyl (C=O) groups excluding carboxylic acids is 1. The van der Waals surface area contributed by atoms with Gasteiger partial charge in [0, 0.05) is 47.1 Å². The molecule has 0 saturated heterocycles. The average molecular weight is 464 g/mol. The lowest BCUT2D eigenvalue weighted by molar-refractivity contribution is -0.117. The predicted molar refractivity (Wildman–Crippen MR) is 128 cm³/mol. The van der Waals surface area contributed by atoms with Crippen molar-refractivity contribution in [2.45, 2.75) is 37.6 Å².